The predicted octanol–water partition coefficient (Wildman–Crippen LogP) is 1.60. The van der Waals surface area contributed by atoms with Crippen LogP contribution in [0, 0.1) is 5.41 Å². The van der Waals surface area contributed by atoms with Gasteiger partial charge in [0.25, 0.3) is 0 Å². The number of methoxy groups -OCH3 is 1. The molecule has 1 saturated heterocycles. The number of amidine groups is 2. The molecular formula is C25H43N7O2. The van der Waals surface area contributed by atoms with Gasteiger partial charge in [0.2, 0.25) is 0 Å². The molecule has 0 unspecified atom stereocenters. The zero-order valence-corrected chi connectivity index (χ0v) is 21.1. The highest BCUT2D eigenvalue weighted by Gasteiger charge is 2.28. The summed E-state index contributed by atoms with van der Waals surface area (Å²) in [4.78, 5) is 9.71. The number of nitrogens with one attached hydrogen (secondary N) is 5. The summed E-state index contributed by atoms with van der Waals surface area (Å²) in [6.45, 7) is 9.25. The van der Waals surface area contributed by atoms with Gasteiger partial charge in [0.1, 0.15) is 11.7 Å². The number of aliphatic imine (C=N–C) groups is 2. The number of nitrogens with zero attached hydrogens (tertiary/aromatic N) is 2. The largest absolute Gasteiger partial charge is 0.383 e. The molecule has 1 saturated carbocycles. The summed E-state index contributed by atoms with van der Waals surface area (Å²) in [5, 5.41) is 17.6. The van der Waals surface area contributed by atoms with Crippen molar-refractivity contribution in [2.24, 2.45) is 15.4 Å². The third-order valence-corrected chi connectivity index (χ3v) is 7.24. The Kier molecular flexibility index (Phi) is 8.86. The zero-order chi connectivity index (χ0) is 23.8. The van der Waals surface area contributed by atoms with Crippen molar-refractivity contribution in [1.82, 2.24) is 26.6 Å². The van der Waals surface area contributed by atoms with Crippen molar-refractivity contribution >= 4 is 11.7 Å². The summed E-state index contributed by atoms with van der Waals surface area (Å²) in [7, 11) is 1.76. The van der Waals surface area contributed by atoms with Gasteiger partial charge in [0, 0.05) is 45.0 Å². The van der Waals surface area contributed by atoms with Crippen LogP contribution >= 0.6 is 0 Å². The lowest BCUT2D eigenvalue weighted by atomic mass is 9.82. The van der Waals surface area contributed by atoms with Crippen molar-refractivity contribution < 1.29 is 9.47 Å². The monoisotopic (exact) mass is 473 g/mol. The van der Waals surface area contributed by atoms with Crippen LogP contribution in [0.3, 0.4) is 0 Å². The zero-order valence-electron chi connectivity index (χ0n) is 21.1. The lowest BCUT2D eigenvalue weighted by Crippen LogP contribution is -2.47. The molecule has 0 bridgehead atoms. The van der Waals surface area contributed by atoms with Crippen LogP contribution in [-0.2, 0) is 9.47 Å². The van der Waals surface area contributed by atoms with Crippen LogP contribution in [0.2, 0.25) is 0 Å². The van der Waals surface area contributed by atoms with Crippen molar-refractivity contribution in [2.75, 3.05) is 46.7 Å². The Labute approximate surface area is 204 Å². The third kappa shape index (κ3) is 7.20. The highest BCUT2D eigenvalue weighted by molar-refractivity contribution is 6.07. The van der Waals surface area contributed by atoms with Gasteiger partial charge in [0.05, 0.1) is 31.6 Å². The van der Waals surface area contributed by atoms with Crippen molar-refractivity contribution in [3.63, 3.8) is 0 Å². The molecule has 4 rings (SSSR count). The summed E-state index contributed by atoms with van der Waals surface area (Å²) in [6, 6.07) is 1.33. The first-order valence-electron chi connectivity index (χ1n) is 12.9. The van der Waals surface area contributed by atoms with E-state index in [0.717, 1.165) is 88.1 Å². The van der Waals surface area contributed by atoms with Crippen LogP contribution in [0.4, 0.5) is 0 Å². The first kappa shape index (κ1) is 25.0. The number of hydrogen-bond acceptors (Lipinski definition) is 8. The minimum Gasteiger partial charge on any atom is -0.383 e. The molecule has 3 aliphatic heterocycles. The molecule has 1 aliphatic carbocycles. The number of hydrogen-bond donors (Lipinski definition) is 5. The maximum absolute atomic E-state index is 5.53. The summed E-state index contributed by atoms with van der Waals surface area (Å²) >= 11 is 0. The van der Waals surface area contributed by atoms with E-state index in [1.807, 2.05) is 0 Å². The molecule has 1 atom stereocenters. The Morgan fingerprint density at radius 1 is 1.24 bits per heavy atom. The van der Waals surface area contributed by atoms with E-state index in [1.54, 1.807) is 7.11 Å². The van der Waals surface area contributed by atoms with Crippen LogP contribution < -0.4 is 26.6 Å². The van der Waals surface area contributed by atoms with Gasteiger partial charge in [-0.05, 0) is 56.9 Å². The first-order chi connectivity index (χ1) is 16.5. The highest BCUT2D eigenvalue weighted by atomic mass is 16.5. The van der Waals surface area contributed by atoms with Gasteiger partial charge in [-0.15, -0.1) is 0 Å². The average Bonchev–Trinajstić information content (AvgIpc) is 2.85. The molecule has 4 aliphatic rings. The Hall–Kier alpha value is -2.10. The van der Waals surface area contributed by atoms with E-state index in [9.17, 15) is 0 Å². The van der Waals surface area contributed by atoms with Crippen molar-refractivity contribution in [3.8, 4) is 0 Å². The normalized spacial score (nSPS) is 29.0. The van der Waals surface area contributed by atoms with E-state index in [4.69, 9.17) is 14.5 Å². The highest BCUT2D eigenvalue weighted by Crippen LogP contribution is 2.29. The molecule has 0 aromatic carbocycles. The Balaban J connectivity index is 1.27. The molecule has 9 heteroatoms. The summed E-state index contributed by atoms with van der Waals surface area (Å²) in [6.07, 6.45) is 10.9. The van der Waals surface area contributed by atoms with Crippen molar-refractivity contribution in [2.45, 2.75) is 70.5 Å². The average molecular weight is 474 g/mol. The third-order valence-electron chi connectivity index (χ3n) is 7.24. The van der Waals surface area contributed by atoms with Gasteiger partial charge in [-0.25, -0.2) is 0 Å². The molecule has 3 heterocycles. The van der Waals surface area contributed by atoms with Crippen molar-refractivity contribution in [1.29, 1.82) is 0 Å². The molecule has 190 valence electrons. The van der Waals surface area contributed by atoms with Gasteiger partial charge < -0.3 is 36.1 Å². The second-order valence-corrected chi connectivity index (χ2v) is 10.3. The van der Waals surface area contributed by atoms with Gasteiger partial charge >= 0.3 is 0 Å². The summed E-state index contributed by atoms with van der Waals surface area (Å²) < 4.78 is 10.8. The fourth-order valence-electron chi connectivity index (χ4n) is 5.04. The fourth-order valence-corrected chi connectivity index (χ4v) is 5.04. The molecule has 0 spiro atoms. The molecule has 0 aromatic rings. The molecule has 0 aromatic heterocycles. The first-order valence-corrected chi connectivity index (χ1v) is 12.9. The Bertz CT molecular complexity index is 793. The smallest absolute Gasteiger partial charge is 0.150 e. The quantitative estimate of drug-likeness (QED) is 0.347. The maximum atomic E-state index is 5.53. The van der Waals surface area contributed by atoms with E-state index in [-0.39, 0.29) is 5.41 Å². The van der Waals surface area contributed by atoms with E-state index in [0.29, 0.717) is 31.3 Å². The molecule has 2 fully saturated rings. The minimum absolute atomic E-state index is 0.276. The van der Waals surface area contributed by atoms with E-state index < -0.39 is 0 Å². The van der Waals surface area contributed by atoms with Crippen LogP contribution in [0.5, 0.6) is 0 Å². The fraction of sp³-hybridized carbons (Fsp3) is 0.760. The molecule has 34 heavy (non-hydrogen) atoms. The number of rotatable bonds is 9. The minimum atomic E-state index is 0.276. The van der Waals surface area contributed by atoms with Crippen LogP contribution in [0.15, 0.2) is 33.7 Å². The standard InChI is InChI=1S/C25H43N7O2/c1-18(15-33-3)30-19-4-6-20(7-5-19)31-23-14-21(28-17-29-23)24-26-11-8-22(32-24)27-16-25(2)9-12-34-13-10-25/h8,14,18-20,27-28,30H,4-7,9-13,15-17H2,1-3H3,(H,26,32)(H,29,31)/t18-,19?,20?/m0/s1. The number of ether oxygens (including phenoxy) is 2. The van der Waals surface area contributed by atoms with Gasteiger partial charge in [-0.2, -0.15) is 0 Å². The predicted molar refractivity (Wildman–Crippen MR) is 137 cm³/mol. The summed E-state index contributed by atoms with van der Waals surface area (Å²) in [5.41, 5.74) is 1.27. The van der Waals surface area contributed by atoms with Crippen molar-refractivity contribution in [3.05, 3.63) is 23.7 Å². The van der Waals surface area contributed by atoms with E-state index in [2.05, 4.69) is 57.6 Å². The maximum Gasteiger partial charge on any atom is 0.150 e. The molecule has 0 amide bonds. The van der Waals surface area contributed by atoms with E-state index in [1.165, 1.54) is 0 Å². The van der Waals surface area contributed by atoms with Crippen LogP contribution in [0.25, 0.3) is 0 Å². The Morgan fingerprint density at radius 3 is 2.79 bits per heavy atom. The second kappa shape index (κ2) is 12.0. The topological polar surface area (TPSA) is 103 Å². The second-order valence-electron chi connectivity index (χ2n) is 10.3. The van der Waals surface area contributed by atoms with Gasteiger partial charge in [0.15, 0.2) is 5.84 Å². The lowest BCUT2D eigenvalue weighted by molar-refractivity contribution is 0.0250. The van der Waals surface area contributed by atoms with Gasteiger partial charge in [-0.3, -0.25) is 9.98 Å². The SMILES string of the molecule is COC[C@H](C)NC1CCC(N=C2C=C(C3=NCC=C(NCC4(C)CCOCC4)N3)NCN2)CC1. The van der Waals surface area contributed by atoms with Gasteiger partial charge in [-0.1, -0.05) is 6.92 Å². The molecule has 9 nitrogen and oxygen atoms in total. The molecule has 0 radical (unpaired) electrons. The summed E-state index contributed by atoms with van der Waals surface area (Å²) in [5.74, 6) is 2.85. The Morgan fingerprint density at radius 2 is 2.03 bits per heavy atom. The lowest BCUT2D eigenvalue weighted by Gasteiger charge is -2.34. The van der Waals surface area contributed by atoms with Crippen LogP contribution in [0.1, 0.15) is 52.4 Å². The van der Waals surface area contributed by atoms with Crippen LogP contribution in [-0.4, -0.2) is 76.5 Å². The molecule has 5 N–H and O–H groups in total. The molecular weight excluding hydrogens is 430 g/mol. The van der Waals surface area contributed by atoms with E-state index >= 15 is 0 Å².